The first kappa shape index (κ1) is 12.0. The van der Waals surface area contributed by atoms with Gasteiger partial charge in [-0.25, -0.2) is 0 Å². The summed E-state index contributed by atoms with van der Waals surface area (Å²) < 4.78 is 0. The van der Waals surface area contributed by atoms with Crippen LogP contribution in [0.15, 0.2) is 0 Å². The lowest BCUT2D eigenvalue weighted by atomic mass is 10.3. The van der Waals surface area contributed by atoms with E-state index in [0.29, 0.717) is 0 Å². The number of nitrogens with zero attached hydrogens (tertiary/aromatic N) is 2. The molecule has 2 heteroatoms. The number of likely N-dealkylation sites (tertiary alicyclic amines) is 1. The zero-order chi connectivity index (χ0) is 10.2. The van der Waals surface area contributed by atoms with Gasteiger partial charge in [0.05, 0.1) is 0 Å². The van der Waals surface area contributed by atoms with E-state index < -0.39 is 0 Å². The van der Waals surface area contributed by atoms with Crippen LogP contribution in [0.1, 0.15) is 39.5 Å². The van der Waals surface area contributed by atoms with Gasteiger partial charge in [-0.3, -0.25) is 0 Å². The lowest BCUT2D eigenvalue weighted by Gasteiger charge is -2.21. The van der Waals surface area contributed by atoms with Crippen LogP contribution in [0.25, 0.3) is 0 Å². The van der Waals surface area contributed by atoms with Gasteiger partial charge in [0.25, 0.3) is 0 Å². The van der Waals surface area contributed by atoms with Crippen molar-refractivity contribution in [2.75, 3.05) is 39.3 Å². The average Bonchev–Trinajstić information content (AvgIpc) is 2.69. The van der Waals surface area contributed by atoms with Crippen LogP contribution in [0.5, 0.6) is 0 Å². The smallest absolute Gasteiger partial charge is 0.000655 e. The first-order chi connectivity index (χ1) is 6.86. The van der Waals surface area contributed by atoms with Gasteiger partial charge in [0.2, 0.25) is 0 Å². The minimum Gasteiger partial charge on any atom is -0.304 e. The third kappa shape index (κ3) is 4.43. The van der Waals surface area contributed by atoms with E-state index in [1.807, 2.05) is 0 Å². The van der Waals surface area contributed by atoms with Crippen LogP contribution in [0.4, 0.5) is 0 Å². The van der Waals surface area contributed by atoms with Crippen LogP contribution in [-0.4, -0.2) is 49.1 Å². The molecule has 1 aliphatic rings. The van der Waals surface area contributed by atoms with Crippen LogP contribution in [-0.2, 0) is 0 Å². The summed E-state index contributed by atoms with van der Waals surface area (Å²) in [4.78, 5) is 5.18. The minimum absolute atomic E-state index is 1.22. The molecule has 1 fully saturated rings. The van der Waals surface area contributed by atoms with Crippen LogP contribution in [0.2, 0.25) is 0 Å². The van der Waals surface area contributed by atoms with Crippen LogP contribution in [0, 0.1) is 0 Å². The normalized spacial score (nSPS) is 18.2. The highest BCUT2D eigenvalue weighted by molar-refractivity contribution is 4.66. The molecule has 1 saturated heterocycles. The molecule has 0 N–H and O–H groups in total. The molecule has 0 aromatic rings. The van der Waals surface area contributed by atoms with E-state index in [1.54, 1.807) is 0 Å². The zero-order valence-corrected chi connectivity index (χ0v) is 9.97. The summed E-state index contributed by atoms with van der Waals surface area (Å²) in [6.07, 6.45) is 5.49. The Morgan fingerprint density at radius 3 is 2.36 bits per heavy atom. The topological polar surface area (TPSA) is 6.48 Å². The van der Waals surface area contributed by atoms with E-state index in [0.717, 1.165) is 0 Å². The highest BCUT2D eigenvalue weighted by Gasteiger charge is 2.10. The Bertz CT molecular complexity index is 130. The largest absolute Gasteiger partial charge is 0.304 e. The third-order valence-electron chi connectivity index (χ3n) is 3.13. The Labute approximate surface area is 89.3 Å². The molecule has 0 bridgehead atoms. The monoisotopic (exact) mass is 198 g/mol. The summed E-state index contributed by atoms with van der Waals surface area (Å²) in [6, 6.07) is 0. The van der Waals surface area contributed by atoms with E-state index in [9.17, 15) is 0 Å². The summed E-state index contributed by atoms with van der Waals surface area (Å²) >= 11 is 0. The molecule has 0 aromatic heterocycles. The van der Waals surface area contributed by atoms with Gasteiger partial charge in [0.15, 0.2) is 0 Å². The first-order valence-corrected chi connectivity index (χ1v) is 6.31. The maximum atomic E-state index is 2.61. The van der Waals surface area contributed by atoms with E-state index in [-0.39, 0.29) is 0 Å². The van der Waals surface area contributed by atoms with Gasteiger partial charge >= 0.3 is 0 Å². The van der Waals surface area contributed by atoms with Gasteiger partial charge in [-0.05, 0) is 65.0 Å². The molecule has 0 aromatic carbocycles. The molecule has 84 valence electrons. The van der Waals surface area contributed by atoms with E-state index in [2.05, 4.69) is 23.6 Å². The van der Waals surface area contributed by atoms with E-state index in [1.165, 1.54) is 65.0 Å². The predicted octanol–water partition coefficient (Wildman–Crippen LogP) is 2.20. The molecule has 0 aliphatic carbocycles. The Hall–Kier alpha value is -0.0800. The average molecular weight is 198 g/mol. The Morgan fingerprint density at radius 1 is 1.07 bits per heavy atom. The van der Waals surface area contributed by atoms with Gasteiger partial charge in [-0.1, -0.05) is 13.8 Å². The van der Waals surface area contributed by atoms with E-state index in [4.69, 9.17) is 0 Å². The van der Waals surface area contributed by atoms with Gasteiger partial charge < -0.3 is 9.80 Å². The van der Waals surface area contributed by atoms with Gasteiger partial charge in [0, 0.05) is 0 Å². The van der Waals surface area contributed by atoms with Crippen molar-refractivity contribution >= 4 is 0 Å². The van der Waals surface area contributed by atoms with Gasteiger partial charge in [0.1, 0.15) is 0 Å². The molecule has 0 saturated carbocycles. The second kappa shape index (κ2) is 7.24. The molecule has 2 nitrogen and oxygen atoms in total. The molecule has 0 radical (unpaired) electrons. The summed E-state index contributed by atoms with van der Waals surface area (Å²) in [5.74, 6) is 0. The summed E-state index contributed by atoms with van der Waals surface area (Å²) in [6.45, 7) is 12.3. The molecule has 0 unspecified atom stereocenters. The van der Waals surface area contributed by atoms with Crippen molar-refractivity contribution in [2.24, 2.45) is 0 Å². The lowest BCUT2D eigenvalue weighted by molar-refractivity contribution is 0.254. The van der Waals surface area contributed by atoms with Crippen molar-refractivity contribution in [3.8, 4) is 0 Å². The fraction of sp³-hybridized carbons (Fsp3) is 1.00. The molecular formula is C12H26N2. The number of hydrogen-bond donors (Lipinski definition) is 0. The Balaban J connectivity index is 2.00. The molecule has 0 amide bonds. The van der Waals surface area contributed by atoms with Crippen molar-refractivity contribution < 1.29 is 0 Å². The SMILES string of the molecule is CCCN(CC)CCCN1CCCC1. The minimum atomic E-state index is 1.22. The number of rotatable bonds is 7. The highest BCUT2D eigenvalue weighted by atomic mass is 15.2. The van der Waals surface area contributed by atoms with Crippen molar-refractivity contribution in [2.45, 2.75) is 39.5 Å². The Morgan fingerprint density at radius 2 is 1.79 bits per heavy atom. The molecule has 0 spiro atoms. The molecule has 14 heavy (non-hydrogen) atoms. The van der Waals surface area contributed by atoms with Crippen molar-refractivity contribution in [3.63, 3.8) is 0 Å². The lowest BCUT2D eigenvalue weighted by Crippen LogP contribution is -2.29. The second-order valence-electron chi connectivity index (χ2n) is 4.34. The highest BCUT2D eigenvalue weighted by Crippen LogP contribution is 2.07. The van der Waals surface area contributed by atoms with Crippen LogP contribution in [0.3, 0.4) is 0 Å². The summed E-state index contributed by atoms with van der Waals surface area (Å²) in [7, 11) is 0. The predicted molar refractivity (Wildman–Crippen MR) is 62.7 cm³/mol. The number of hydrogen-bond acceptors (Lipinski definition) is 2. The quantitative estimate of drug-likeness (QED) is 0.619. The molecule has 0 atom stereocenters. The molecule has 1 rings (SSSR count). The van der Waals surface area contributed by atoms with Crippen LogP contribution < -0.4 is 0 Å². The maximum Gasteiger partial charge on any atom is -0.000655 e. The van der Waals surface area contributed by atoms with Gasteiger partial charge in [-0.15, -0.1) is 0 Å². The van der Waals surface area contributed by atoms with Crippen molar-refractivity contribution in [1.29, 1.82) is 0 Å². The zero-order valence-electron chi connectivity index (χ0n) is 9.97. The van der Waals surface area contributed by atoms with Crippen LogP contribution >= 0.6 is 0 Å². The van der Waals surface area contributed by atoms with E-state index >= 15 is 0 Å². The van der Waals surface area contributed by atoms with Gasteiger partial charge in [-0.2, -0.15) is 0 Å². The molecule has 1 heterocycles. The summed E-state index contributed by atoms with van der Waals surface area (Å²) in [5, 5.41) is 0. The fourth-order valence-electron chi connectivity index (χ4n) is 2.27. The standard InChI is InChI=1S/C12H26N2/c1-3-8-13(4-2)11-7-12-14-9-5-6-10-14/h3-12H2,1-2H3. The molecule has 1 aliphatic heterocycles. The third-order valence-corrected chi connectivity index (χ3v) is 3.13. The van der Waals surface area contributed by atoms with Crippen molar-refractivity contribution in [1.82, 2.24) is 9.80 Å². The van der Waals surface area contributed by atoms with Crippen molar-refractivity contribution in [3.05, 3.63) is 0 Å². The maximum absolute atomic E-state index is 2.61. The fourth-order valence-corrected chi connectivity index (χ4v) is 2.27. The first-order valence-electron chi connectivity index (χ1n) is 6.31. The molecular weight excluding hydrogens is 172 g/mol. The summed E-state index contributed by atoms with van der Waals surface area (Å²) in [5.41, 5.74) is 0. The Kier molecular flexibility index (Phi) is 6.20. The second-order valence-corrected chi connectivity index (χ2v) is 4.34.